The minimum atomic E-state index is -3.55. The van der Waals surface area contributed by atoms with Crippen LogP contribution in [0.2, 0.25) is 0 Å². The van der Waals surface area contributed by atoms with E-state index in [0.717, 1.165) is 11.5 Å². The molecule has 25 heavy (non-hydrogen) atoms. The monoisotopic (exact) mass is 387 g/mol. The molecule has 1 atom stereocenters. The minimum absolute atomic E-state index is 0.0586. The number of sulfonamides is 1. The fourth-order valence-corrected chi connectivity index (χ4v) is 5.93. The molecular weight excluding hydrogens is 362 g/mol. The van der Waals surface area contributed by atoms with Crippen LogP contribution in [0.25, 0.3) is 0 Å². The Morgan fingerprint density at radius 1 is 1.36 bits per heavy atom. The van der Waals surface area contributed by atoms with Gasteiger partial charge in [-0.1, -0.05) is 0 Å². The van der Waals surface area contributed by atoms with E-state index in [1.54, 1.807) is 16.7 Å². The number of rotatable bonds is 3. The van der Waals surface area contributed by atoms with Gasteiger partial charge in [-0.05, 0) is 26.8 Å². The summed E-state index contributed by atoms with van der Waals surface area (Å²) in [7, 11) is -3.55. The first-order valence-electron chi connectivity index (χ1n) is 8.42. The Labute approximate surface area is 153 Å². The van der Waals surface area contributed by atoms with E-state index in [9.17, 15) is 13.2 Å². The van der Waals surface area contributed by atoms with Gasteiger partial charge >= 0.3 is 0 Å². The predicted octanol–water partition coefficient (Wildman–Crippen LogP) is 1.39. The van der Waals surface area contributed by atoms with Gasteiger partial charge in [0, 0.05) is 43.9 Å². The first kappa shape index (κ1) is 18.8. The molecule has 3 rings (SSSR count). The van der Waals surface area contributed by atoms with Crippen LogP contribution in [-0.2, 0) is 14.8 Å². The van der Waals surface area contributed by atoms with Crippen molar-refractivity contribution in [3.05, 3.63) is 18.0 Å². The summed E-state index contributed by atoms with van der Waals surface area (Å²) in [5, 5.41) is 0. The molecule has 0 aromatic carbocycles. The van der Waals surface area contributed by atoms with Crippen molar-refractivity contribution >= 4 is 27.7 Å². The molecule has 3 heterocycles. The van der Waals surface area contributed by atoms with Gasteiger partial charge in [-0.3, -0.25) is 4.79 Å². The lowest BCUT2D eigenvalue weighted by Crippen LogP contribution is -2.53. The number of morpholine rings is 1. The normalized spacial score (nSPS) is 25.1. The third kappa shape index (κ3) is 4.05. The molecule has 2 aliphatic heterocycles. The quantitative estimate of drug-likeness (QED) is 0.848. The molecule has 0 radical (unpaired) electrons. The summed E-state index contributed by atoms with van der Waals surface area (Å²) in [6.45, 7) is 7.81. The van der Waals surface area contributed by atoms with Gasteiger partial charge in [0.1, 0.15) is 10.6 Å². The van der Waals surface area contributed by atoms with Gasteiger partial charge in [-0.15, -0.1) is 0 Å². The van der Waals surface area contributed by atoms with Gasteiger partial charge in [-0.25, -0.2) is 8.42 Å². The Kier molecular flexibility index (Phi) is 5.21. The van der Waals surface area contributed by atoms with Crippen LogP contribution >= 0.6 is 11.8 Å². The molecule has 0 saturated carbocycles. The first-order valence-corrected chi connectivity index (χ1v) is 11.0. The molecule has 1 amide bonds. The molecule has 1 N–H and O–H groups in total. The van der Waals surface area contributed by atoms with E-state index in [0.29, 0.717) is 31.9 Å². The van der Waals surface area contributed by atoms with Crippen molar-refractivity contribution in [2.24, 2.45) is 0 Å². The van der Waals surface area contributed by atoms with Crippen molar-refractivity contribution in [1.82, 2.24) is 14.2 Å². The molecule has 0 bridgehead atoms. The number of nitrogens with zero attached hydrogens (tertiary/aromatic N) is 2. The van der Waals surface area contributed by atoms with Crippen molar-refractivity contribution in [3.63, 3.8) is 0 Å². The highest BCUT2D eigenvalue weighted by atomic mass is 32.2. The second-order valence-electron chi connectivity index (χ2n) is 7.14. The highest BCUT2D eigenvalue weighted by Gasteiger charge is 2.35. The lowest BCUT2D eigenvalue weighted by Gasteiger charge is -2.41. The maximum absolute atomic E-state index is 12.8. The van der Waals surface area contributed by atoms with Crippen LogP contribution in [0.1, 0.15) is 31.3 Å². The van der Waals surface area contributed by atoms with Crippen LogP contribution in [0.5, 0.6) is 0 Å². The number of aromatic nitrogens is 1. The van der Waals surface area contributed by atoms with Gasteiger partial charge < -0.3 is 14.6 Å². The van der Waals surface area contributed by atoms with Crippen LogP contribution in [0, 0.1) is 0 Å². The zero-order valence-corrected chi connectivity index (χ0v) is 16.5. The Bertz CT molecular complexity index is 738. The molecule has 2 fully saturated rings. The SMILES string of the molecule is CC1CN(C(=O)c2cc(S(=O)(=O)N3CCSCC3)c[nH]2)CC(C)(C)O1. The molecular formula is C16H25N3O4S2. The van der Waals surface area contributed by atoms with E-state index in [-0.39, 0.29) is 16.9 Å². The first-order chi connectivity index (χ1) is 11.7. The highest BCUT2D eigenvalue weighted by Crippen LogP contribution is 2.24. The number of amides is 1. The summed E-state index contributed by atoms with van der Waals surface area (Å²) in [6.07, 6.45) is 1.36. The molecule has 2 saturated heterocycles. The lowest BCUT2D eigenvalue weighted by molar-refractivity contribution is -0.118. The fourth-order valence-electron chi connectivity index (χ4n) is 3.36. The second-order valence-corrected chi connectivity index (χ2v) is 10.3. The van der Waals surface area contributed by atoms with E-state index in [1.807, 2.05) is 20.8 Å². The molecule has 1 aromatic rings. The third-order valence-corrected chi connectivity index (χ3v) is 7.17. The second kappa shape index (κ2) is 6.94. The number of nitrogens with one attached hydrogen (secondary N) is 1. The van der Waals surface area contributed by atoms with Crippen LogP contribution in [0.3, 0.4) is 0 Å². The molecule has 1 unspecified atom stereocenters. The number of hydrogen-bond donors (Lipinski definition) is 1. The molecule has 7 nitrogen and oxygen atoms in total. The molecule has 0 aliphatic carbocycles. The van der Waals surface area contributed by atoms with Crippen molar-refractivity contribution < 1.29 is 17.9 Å². The van der Waals surface area contributed by atoms with Crippen molar-refractivity contribution in [1.29, 1.82) is 0 Å². The van der Waals surface area contributed by atoms with Crippen LogP contribution in [-0.4, -0.2) is 77.9 Å². The molecule has 2 aliphatic rings. The summed E-state index contributed by atoms with van der Waals surface area (Å²) < 4.78 is 32.7. The van der Waals surface area contributed by atoms with Gasteiger partial charge in [-0.2, -0.15) is 16.1 Å². The number of hydrogen-bond acceptors (Lipinski definition) is 5. The third-order valence-electron chi connectivity index (χ3n) is 4.35. The van der Waals surface area contributed by atoms with Crippen molar-refractivity contribution in [3.8, 4) is 0 Å². The van der Waals surface area contributed by atoms with Crippen LogP contribution in [0.4, 0.5) is 0 Å². The summed E-state index contributed by atoms with van der Waals surface area (Å²) in [5.74, 6) is 1.41. The van der Waals surface area contributed by atoms with Gasteiger partial charge in [0.05, 0.1) is 11.7 Å². The van der Waals surface area contributed by atoms with E-state index in [1.165, 1.54) is 16.6 Å². The number of thioether (sulfide) groups is 1. The fraction of sp³-hybridized carbons (Fsp3) is 0.688. The standard InChI is InChI=1S/C16H25N3O4S2/c1-12-10-18(11-16(2,3)23-12)15(20)14-8-13(9-17-14)25(21,22)19-4-6-24-7-5-19/h8-9,12,17H,4-7,10-11H2,1-3H3. The lowest BCUT2D eigenvalue weighted by atomic mass is 10.1. The molecule has 9 heteroatoms. The number of carbonyl (C=O) groups is 1. The van der Waals surface area contributed by atoms with Crippen molar-refractivity contribution in [2.75, 3.05) is 37.7 Å². The summed E-state index contributed by atoms with van der Waals surface area (Å²) in [6, 6.07) is 1.45. The highest BCUT2D eigenvalue weighted by molar-refractivity contribution is 7.99. The van der Waals surface area contributed by atoms with Gasteiger partial charge in [0.25, 0.3) is 5.91 Å². The zero-order valence-electron chi connectivity index (χ0n) is 14.8. The summed E-state index contributed by atoms with van der Waals surface area (Å²) in [4.78, 5) is 17.5. The number of aromatic amines is 1. The zero-order chi connectivity index (χ0) is 18.2. The number of carbonyl (C=O) groups excluding carboxylic acids is 1. The van der Waals surface area contributed by atoms with Gasteiger partial charge in [0.15, 0.2) is 0 Å². The minimum Gasteiger partial charge on any atom is -0.369 e. The largest absolute Gasteiger partial charge is 0.369 e. The maximum Gasteiger partial charge on any atom is 0.270 e. The Morgan fingerprint density at radius 3 is 2.68 bits per heavy atom. The van der Waals surface area contributed by atoms with E-state index < -0.39 is 15.6 Å². The Balaban J connectivity index is 1.77. The van der Waals surface area contributed by atoms with Gasteiger partial charge in [0.2, 0.25) is 10.0 Å². The average molecular weight is 388 g/mol. The van der Waals surface area contributed by atoms with Crippen molar-refractivity contribution in [2.45, 2.75) is 37.4 Å². The summed E-state index contributed by atoms with van der Waals surface area (Å²) >= 11 is 1.75. The molecule has 1 aromatic heterocycles. The van der Waals surface area contributed by atoms with E-state index in [2.05, 4.69) is 4.98 Å². The number of H-pyrrole nitrogens is 1. The van der Waals surface area contributed by atoms with Crippen LogP contribution < -0.4 is 0 Å². The topological polar surface area (TPSA) is 82.7 Å². The average Bonchev–Trinajstić information content (AvgIpc) is 3.04. The molecule has 140 valence electrons. The smallest absolute Gasteiger partial charge is 0.270 e. The Hall–Kier alpha value is -1.03. The predicted molar refractivity (Wildman–Crippen MR) is 97.4 cm³/mol. The van der Waals surface area contributed by atoms with E-state index >= 15 is 0 Å². The number of ether oxygens (including phenoxy) is 1. The Morgan fingerprint density at radius 2 is 2.04 bits per heavy atom. The maximum atomic E-state index is 12.8. The van der Waals surface area contributed by atoms with E-state index in [4.69, 9.17) is 4.74 Å². The summed E-state index contributed by atoms with van der Waals surface area (Å²) in [5.41, 5.74) is -0.116. The molecule has 0 spiro atoms. The van der Waals surface area contributed by atoms with Crippen LogP contribution in [0.15, 0.2) is 17.2 Å².